The molecular weight excluding hydrogens is 457 g/mol. The average molecular weight is 490 g/mol. The second-order valence-corrected chi connectivity index (χ2v) is 8.92. The van der Waals surface area contributed by atoms with Crippen molar-refractivity contribution in [2.75, 3.05) is 30.9 Å². The van der Waals surface area contributed by atoms with Crippen LogP contribution in [0.4, 0.5) is 15.9 Å². The van der Waals surface area contributed by atoms with Crippen molar-refractivity contribution in [3.05, 3.63) is 48.5 Å². The summed E-state index contributed by atoms with van der Waals surface area (Å²) in [4.78, 5) is 14.8. The lowest BCUT2D eigenvalue weighted by Crippen LogP contribution is -2.27. The molecule has 0 fully saturated rings. The number of aromatic hydroxyl groups is 1. The molecule has 2 heterocycles. The number of nitrogens with one attached hydrogen (secondary N) is 1. The summed E-state index contributed by atoms with van der Waals surface area (Å²) < 4.78 is 23.3. The van der Waals surface area contributed by atoms with E-state index in [1.54, 1.807) is 43.4 Å². The molecule has 0 aliphatic rings. The second-order valence-electron chi connectivity index (χ2n) is 8.92. The van der Waals surface area contributed by atoms with Gasteiger partial charge in [0.25, 0.3) is 0 Å². The van der Waals surface area contributed by atoms with Crippen LogP contribution in [0.5, 0.6) is 17.4 Å². The first-order chi connectivity index (χ1) is 16.6. The minimum absolute atomic E-state index is 0.00572. The van der Waals surface area contributed by atoms with E-state index in [0.29, 0.717) is 12.1 Å². The third-order valence-corrected chi connectivity index (χ3v) is 5.29. The number of aliphatic hydroxyl groups excluding tert-OH is 2. The maximum Gasteiger partial charge on any atom is 0.248 e. The normalized spacial score (nSPS) is 13.0. The number of aliphatic hydroxyl groups is 2. The molecule has 1 amide bonds. The number of ether oxygens (including phenoxy) is 1. The number of aromatic nitrogens is 3. The molecule has 1 aromatic carbocycles. The molecule has 0 radical (unpaired) electrons. The number of carbonyl (C=O) groups excluding carboxylic acids is 1. The molecule has 11 heteroatoms. The van der Waals surface area contributed by atoms with E-state index in [1.807, 2.05) is 13.8 Å². The minimum atomic E-state index is -0.967. The van der Waals surface area contributed by atoms with Gasteiger partial charge in [-0.3, -0.25) is 9.48 Å². The third-order valence-electron chi connectivity index (χ3n) is 5.29. The molecule has 0 unspecified atom stereocenters. The highest BCUT2D eigenvalue weighted by Gasteiger charge is 2.26. The van der Waals surface area contributed by atoms with Crippen LogP contribution >= 0.6 is 0 Å². The van der Waals surface area contributed by atoms with Gasteiger partial charge in [-0.05, 0) is 24.5 Å². The summed E-state index contributed by atoms with van der Waals surface area (Å²) in [5, 5.41) is 36.0. The van der Waals surface area contributed by atoms with Crippen LogP contribution in [0.2, 0.25) is 0 Å². The number of halogens is 1. The molecule has 0 aliphatic carbocycles. The van der Waals surface area contributed by atoms with Crippen molar-refractivity contribution in [1.29, 1.82) is 0 Å². The largest absolute Gasteiger partial charge is 0.494 e. The fraction of sp³-hybridized carbons (Fsp3) is 0.417. The summed E-state index contributed by atoms with van der Waals surface area (Å²) in [5.74, 6) is -0.604. The Morgan fingerprint density at radius 1 is 1.29 bits per heavy atom. The molecule has 0 spiro atoms. The Morgan fingerprint density at radius 3 is 2.69 bits per heavy atom. The van der Waals surface area contributed by atoms with E-state index in [1.165, 1.54) is 27.6 Å². The van der Waals surface area contributed by atoms with Crippen molar-refractivity contribution < 1.29 is 29.2 Å². The summed E-state index contributed by atoms with van der Waals surface area (Å²) in [6, 6.07) is 6.88. The van der Waals surface area contributed by atoms with Gasteiger partial charge in [-0.15, -0.1) is 0 Å². The lowest BCUT2D eigenvalue weighted by Gasteiger charge is -2.20. The number of amides is 1. The summed E-state index contributed by atoms with van der Waals surface area (Å²) in [5.41, 5.74) is 0.356. The number of rotatable bonds is 11. The number of hydrogen-bond acceptors (Lipinski definition) is 7. The van der Waals surface area contributed by atoms with Gasteiger partial charge in [0.2, 0.25) is 5.91 Å². The van der Waals surface area contributed by atoms with Gasteiger partial charge in [0, 0.05) is 32.4 Å². The van der Waals surface area contributed by atoms with Crippen LogP contribution in [-0.2, 0) is 11.3 Å². The average Bonchev–Trinajstić information content (AvgIpc) is 3.38. The molecule has 0 aliphatic heterocycles. The smallest absolute Gasteiger partial charge is 0.248 e. The van der Waals surface area contributed by atoms with E-state index in [4.69, 9.17) is 9.84 Å². The van der Waals surface area contributed by atoms with E-state index in [2.05, 4.69) is 10.4 Å². The summed E-state index contributed by atoms with van der Waals surface area (Å²) in [6.45, 7) is 3.57. The van der Waals surface area contributed by atoms with Crippen LogP contribution in [0, 0.1) is 11.7 Å². The molecule has 2 aromatic heterocycles. The van der Waals surface area contributed by atoms with E-state index in [9.17, 15) is 19.4 Å². The van der Waals surface area contributed by atoms with Gasteiger partial charge in [-0.25, -0.2) is 4.39 Å². The number of benzene rings is 1. The number of hydrogen-bond donors (Lipinski definition) is 4. The lowest BCUT2D eigenvalue weighted by atomic mass is 10.0. The summed E-state index contributed by atoms with van der Waals surface area (Å²) >= 11 is 0. The van der Waals surface area contributed by atoms with Gasteiger partial charge in [-0.2, -0.15) is 5.10 Å². The van der Waals surface area contributed by atoms with Crippen LogP contribution in [0.15, 0.2) is 42.7 Å². The van der Waals surface area contributed by atoms with Crippen molar-refractivity contribution in [3.63, 3.8) is 0 Å². The summed E-state index contributed by atoms with van der Waals surface area (Å²) in [7, 11) is 3.44. The zero-order chi connectivity index (χ0) is 25.7. The van der Waals surface area contributed by atoms with E-state index in [-0.39, 0.29) is 35.7 Å². The molecule has 0 saturated carbocycles. The number of nitrogens with zero attached hydrogens (tertiary/aromatic N) is 4. The number of carbonyl (C=O) groups is 1. The topological polar surface area (TPSA) is 125 Å². The Labute approximate surface area is 203 Å². The zero-order valence-electron chi connectivity index (χ0n) is 20.2. The van der Waals surface area contributed by atoms with Crippen molar-refractivity contribution >= 4 is 17.4 Å². The Kier molecular flexibility index (Phi) is 8.36. The molecular formula is C24H32FN5O5. The Morgan fingerprint density at radius 2 is 2.03 bits per heavy atom. The molecule has 10 nitrogen and oxygen atoms in total. The van der Waals surface area contributed by atoms with Crippen molar-refractivity contribution in [3.8, 4) is 17.4 Å². The first-order valence-electron chi connectivity index (χ1n) is 11.3. The van der Waals surface area contributed by atoms with Crippen molar-refractivity contribution in [1.82, 2.24) is 14.3 Å². The standard InChI is InChI=1S/C24H32FN5O5/c1-15(2)10-19(24(34)26-21-8-9-29(27-21)12-16(32)14-31)30-13-17(11-22(30)33)35-20-7-5-6-18(23(20)25)28(3)4/h5-9,11,13,15-16,19,31-33H,10,12,14H2,1-4H3,(H,26,27,34)/t16-,19+/m1/s1. The van der Waals surface area contributed by atoms with Crippen molar-refractivity contribution in [2.24, 2.45) is 5.92 Å². The van der Waals surface area contributed by atoms with E-state index < -0.39 is 30.5 Å². The van der Waals surface area contributed by atoms with E-state index in [0.717, 1.165) is 0 Å². The molecule has 35 heavy (non-hydrogen) atoms. The monoisotopic (exact) mass is 489 g/mol. The highest BCUT2D eigenvalue weighted by molar-refractivity contribution is 5.93. The highest BCUT2D eigenvalue weighted by atomic mass is 19.1. The fourth-order valence-electron chi connectivity index (χ4n) is 3.60. The minimum Gasteiger partial charge on any atom is -0.494 e. The van der Waals surface area contributed by atoms with Gasteiger partial charge in [0.05, 0.1) is 31.1 Å². The molecule has 2 atom stereocenters. The van der Waals surface area contributed by atoms with Crippen molar-refractivity contribution in [2.45, 2.75) is 39.0 Å². The maximum absolute atomic E-state index is 14.8. The molecule has 4 N–H and O–H groups in total. The SMILES string of the molecule is CC(C)C[C@@H](C(=O)Nc1ccn(C[C@@H](O)CO)n1)n1cc(Oc2cccc(N(C)C)c2F)cc1O. The first-order valence-corrected chi connectivity index (χ1v) is 11.3. The highest BCUT2D eigenvalue weighted by Crippen LogP contribution is 2.35. The Balaban J connectivity index is 1.81. The molecule has 190 valence electrons. The van der Waals surface area contributed by atoms with Crippen LogP contribution < -0.4 is 15.0 Å². The second kappa shape index (κ2) is 11.2. The Bertz CT molecular complexity index is 1140. The maximum atomic E-state index is 14.8. The van der Waals surface area contributed by atoms with Crippen LogP contribution in [0.25, 0.3) is 0 Å². The van der Waals surface area contributed by atoms with Gasteiger partial charge in [-0.1, -0.05) is 19.9 Å². The van der Waals surface area contributed by atoms with Crippen LogP contribution in [0.1, 0.15) is 26.3 Å². The van der Waals surface area contributed by atoms with Gasteiger partial charge in [0.15, 0.2) is 23.3 Å². The Hall–Kier alpha value is -3.57. The molecule has 0 saturated heterocycles. The predicted molar refractivity (Wildman–Crippen MR) is 129 cm³/mol. The predicted octanol–water partition coefficient (Wildman–Crippen LogP) is 2.97. The molecule has 3 aromatic rings. The number of anilines is 2. The molecule has 0 bridgehead atoms. The molecule has 3 rings (SSSR count). The third kappa shape index (κ3) is 6.52. The van der Waals surface area contributed by atoms with Gasteiger partial charge < -0.3 is 34.8 Å². The van der Waals surface area contributed by atoms with E-state index >= 15 is 0 Å². The fourth-order valence-corrected chi connectivity index (χ4v) is 3.60. The zero-order valence-corrected chi connectivity index (χ0v) is 20.2. The van der Waals surface area contributed by atoms with Crippen LogP contribution in [0.3, 0.4) is 0 Å². The quantitative estimate of drug-likeness (QED) is 0.326. The van der Waals surface area contributed by atoms with Gasteiger partial charge in [0.1, 0.15) is 11.8 Å². The lowest BCUT2D eigenvalue weighted by molar-refractivity contribution is -0.119. The summed E-state index contributed by atoms with van der Waals surface area (Å²) in [6.07, 6.45) is 2.47. The van der Waals surface area contributed by atoms with Crippen LogP contribution in [-0.4, -0.2) is 62.4 Å². The first kappa shape index (κ1) is 26.0. The van der Waals surface area contributed by atoms with Gasteiger partial charge >= 0.3 is 0 Å².